The Labute approximate surface area is 252 Å². The first-order valence-electron chi connectivity index (χ1n) is 14.1. The van der Waals surface area contributed by atoms with Crippen LogP contribution in [0.1, 0.15) is 48.4 Å². The van der Waals surface area contributed by atoms with E-state index in [1.807, 2.05) is 41.3 Å². The van der Waals surface area contributed by atoms with Crippen LogP contribution >= 0.6 is 11.6 Å². The van der Waals surface area contributed by atoms with Gasteiger partial charge in [0.15, 0.2) is 5.58 Å². The Kier molecular flexibility index (Phi) is 9.37. The highest BCUT2D eigenvalue weighted by Crippen LogP contribution is 2.38. The average molecular weight is 608 g/mol. The SMILES string of the molecule is O=C(CCCN1CCC(c2noc3cc(F)ccc23)CC1)N1c2ccccc2CCc2ccc(Cl)cc21.O=C(O)C(=O)O. The summed E-state index contributed by atoms with van der Waals surface area (Å²) in [5.41, 5.74) is 5.65. The number of para-hydroxylation sites is 1. The lowest BCUT2D eigenvalue weighted by Gasteiger charge is -2.31. The van der Waals surface area contributed by atoms with E-state index in [1.165, 1.54) is 17.7 Å². The molecule has 2 aliphatic heterocycles. The third-order valence-corrected chi connectivity index (χ3v) is 8.15. The summed E-state index contributed by atoms with van der Waals surface area (Å²) in [6.45, 7) is 2.76. The molecule has 0 unspecified atom stereocenters. The number of nitrogens with zero attached hydrogens (tertiary/aromatic N) is 3. The van der Waals surface area contributed by atoms with E-state index in [2.05, 4.69) is 16.1 Å². The van der Waals surface area contributed by atoms with Crippen molar-refractivity contribution in [1.82, 2.24) is 10.1 Å². The van der Waals surface area contributed by atoms with Crippen molar-refractivity contribution in [1.29, 1.82) is 0 Å². The monoisotopic (exact) mass is 607 g/mol. The molecule has 0 radical (unpaired) electrons. The van der Waals surface area contributed by atoms with Gasteiger partial charge in [-0.1, -0.05) is 41.0 Å². The van der Waals surface area contributed by atoms with Crippen LogP contribution < -0.4 is 4.90 Å². The Morgan fingerprint density at radius 1 is 0.930 bits per heavy atom. The van der Waals surface area contributed by atoms with Crippen molar-refractivity contribution in [3.63, 3.8) is 0 Å². The number of carboxylic acids is 2. The number of hydrogen-bond acceptors (Lipinski definition) is 6. The minimum Gasteiger partial charge on any atom is -0.473 e. The zero-order chi connectivity index (χ0) is 30.5. The maximum Gasteiger partial charge on any atom is 0.414 e. The van der Waals surface area contributed by atoms with Crippen molar-refractivity contribution in [3.8, 4) is 0 Å². The average Bonchev–Trinajstić information content (AvgIpc) is 3.33. The summed E-state index contributed by atoms with van der Waals surface area (Å²) < 4.78 is 18.9. The summed E-state index contributed by atoms with van der Waals surface area (Å²) in [7, 11) is 0. The van der Waals surface area contributed by atoms with E-state index in [1.54, 1.807) is 6.07 Å². The van der Waals surface area contributed by atoms with Crippen molar-refractivity contribution in [2.24, 2.45) is 0 Å². The molecule has 3 aromatic carbocycles. The fraction of sp³-hybridized carbons (Fsp3) is 0.312. The summed E-state index contributed by atoms with van der Waals surface area (Å²) >= 11 is 6.35. The molecular formula is C32H31ClFN3O6. The molecule has 1 fully saturated rings. The van der Waals surface area contributed by atoms with Crippen LogP contribution in [0.5, 0.6) is 0 Å². The van der Waals surface area contributed by atoms with Gasteiger partial charge in [-0.2, -0.15) is 0 Å². The van der Waals surface area contributed by atoms with E-state index in [-0.39, 0.29) is 11.7 Å². The van der Waals surface area contributed by atoms with Crippen molar-refractivity contribution < 1.29 is 33.5 Å². The maximum atomic E-state index is 13.6. The lowest BCUT2D eigenvalue weighted by Crippen LogP contribution is -2.34. The highest BCUT2D eigenvalue weighted by atomic mass is 35.5. The number of rotatable bonds is 5. The van der Waals surface area contributed by atoms with E-state index in [4.69, 9.17) is 35.9 Å². The molecule has 43 heavy (non-hydrogen) atoms. The fourth-order valence-corrected chi connectivity index (χ4v) is 5.95. The molecule has 0 atom stereocenters. The van der Waals surface area contributed by atoms with Crippen molar-refractivity contribution in [2.45, 2.75) is 44.4 Å². The Balaban J connectivity index is 0.000000559. The van der Waals surface area contributed by atoms with E-state index in [0.29, 0.717) is 22.9 Å². The van der Waals surface area contributed by atoms with Crippen LogP contribution in [0.3, 0.4) is 0 Å². The third-order valence-electron chi connectivity index (χ3n) is 7.92. The van der Waals surface area contributed by atoms with Crippen LogP contribution in [0.4, 0.5) is 15.8 Å². The number of amides is 1. The second kappa shape index (κ2) is 13.4. The lowest BCUT2D eigenvalue weighted by molar-refractivity contribution is -0.159. The van der Waals surface area contributed by atoms with Gasteiger partial charge < -0.3 is 19.6 Å². The fourth-order valence-electron chi connectivity index (χ4n) is 5.79. The molecule has 0 aliphatic carbocycles. The smallest absolute Gasteiger partial charge is 0.414 e. The molecule has 2 aliphatic rings. The number of carbonyl (C=O) groups is 3. The number of carbonyl (C=O) groups excluding carboxylic acids is 1. The molecule has 2 N–H and O–H groups in total. The second-order valence-corrected chi connectivity index (χ2v) is 11.1. The molecule has 224 valence electrons. The molecule has 1 aromatic heterocycles. The number of likely N-dealkylation sites (tertiary alicyclic amines) is 1. The molecule has 3 heterocycles. The predicted octanol–water partition coefficient (Wildman–Crippen LogP) is 6.20. The minimum absolute atomic E-state index is 0.106. The molecular weight excluding hydrogens is 577 g/mol. The van der Waals surface area contributed by atoms with Crippen LogP contribution in [0.2, 0.25) is 5.02 Å². The molecule has 11 heteroatoms. The highest BCUT2D eigenvalue weighted by molar-refractivity contribution is 6.31. The summed E-state index contributed by atoms with van der Waals surface area (Å²) in [4.78, 5) is 36.1. The molecule has 0 saturated carbocycles. The topological polar surface area (TPSA) is 124 Å². The zero-order valence-electron chi connectivity index (χ0n) is 23.3. The van der Waals surface area contributed by atoms with Gasteiger partial charge >= 0.3 is 11.9 Å². The largest absolute Gasteiger partial charge is 0.473 e. The quantitative estimate of drug-likeness (QED) is 0.257. The maximum absolute atomic E-state index is 13.6. The molecule has 6 rings (SSSR count). The number of aromatic nitrogens is 1. The van der Waals surface area contributed by atoms with Crippen LogP contribution in [0.25, 0.3) is 11.0 Å². The Hall–Kier alpha value is -4.28. The van der Waals surface area contributed by atoms with E-state index < -0.39 is 11.9 Å². The first-order valence-corrected chi connectivity index (χ1v) is 14.5. The zero-order valence-corrected chi connectivity index (χ0v) is 24.1. The highest BCUT2D eigenvalue weighted by Gasteiger charge is 2.27. The lowest BCUT2D eigenvalue weighted by atomic mass is 9.91. The Bertz CT molecular complexity index is 1640. The van der Waals surface area contributed by atoms with Gasteiger partial charge in [-0.05, 0) is 93.2 Å². The van der Waals surface area contributed by atoms with Crippen LogP contribution in [0.15, 0.2) is 65.2 Å². The van der Waals surface area contributed by atoms with Crippen LogP contribution in [-0.4, -0.2) is 57.7 Å². The number of benzene rings is 3. The Morgan fingerprint density at radius 3 is 2.35 bits per heavy atom. The van der Waals surface area contributed by atoms with Gasteiger partial charge in [-0.15, -0.1) is 0 Å². The predicted molar refractivity (Wildman–Crippen MR) is 159 cm³/mol. The Morgan fingerprint density at radius 2 is 1.63 bits per heavy atom. The third kappa shape index (κ3) is 7.03. The standard InChI is InChI=1S/C30H29ClFN3O2.C2H2O4/c31-23-10-9-21-8-7-20-4-1-2-5-26(20)35(27(21)18-23)29(36)6-3-15-34-16-13-22(14-17-34)30-25-12-11-24(32)19-28(25)37-33-30;3-1(4)2(5)6/h1-2,4-5,9-12,18-19,22H,3,6-8,13-17H2;(H,3,4)(H,5,6). The van der Waals surface area contributed by atoms with Gasteiger partial charge in [0.1, 0.15) is 5.82 Å². The van der Waals surface area contributed by atoms with Crippen molar-refractivity contribution in [2.75, 3.05) is 24.5 Å². The molecule has 1 amide bonds. The summed E-state index contributed by atoms with van der Waals surface area (Å²) in [5.74, 6) is -3.55. The van der Waals surface area contributed by atoms with Crippen molar-refractivity contribution >= 4 is 51.8 Å². The number of aryl methyl sites for hydroxylation is 2. The van der Waals surface area contributed by atoms with Gasteiger partial charge in [0.05, 0.1) is 17.1 Å². The van der Waals surface area contributed by atoms with Crippen LogP contribution in [0, 0.1) is 5.82 Å². The number of hydrogen-bond donors (Lipinski definition) is 2. The number of piperidine rings is 1. The van der Waals surface area contributed by atoms with Crippen molar-refractivity contribution in [3.05, 3.63) is 88.3 Å². The van der Waals surface area contributed by atoms with Gasteiger partial charge in [-0.25, -0.2) is 14.0 Å². The number of aliphatic carboxylic acids is 2. The number of fused-ring (bicyclic) bond motifs is 3. The molecule has 0 bridgehead atoms. The molecule has 1 saturated heterocycles. The van der Waals surface area contributed by atoms with E-state index in [9.17, 15) is 9.18 Å². The second-order valence-electron chi connectivity index (χ2n) is 10.7. The van der Waals surface area contributed by atoms with E-state index >= 15 is 0 Å². The van der Waals surface area contributed by atoms with E-state index in [0.717, 1.165) is 79.8 Å². The van der Waals surface area contributed by atoms with Gasteiger partial charge in [0, 0.05) is 28.8 Å². The van der Waals surface area contributed by atoms with Gasteiger partial charge in [-0.3, -0.25) is 9.69 Å². The summed E-state index contributed by atoms with van der Waals surface area (Å²) in [6.07, 6.45) is 5.00. The summed E-state index contributed by atoms with van der Waals surface area (Å²) in [6, 6.07) is 18.7. The minimum atomic E-state index is -1.82. The molecule has 4 aromatic rings. The molecule has 9 nitrogen and oxygen atoms in total. The first-order chi connectivity index (χ1) is 20.7. The number of halogens is 2. The molecule has 0 spiro atoms. The number of carboxylic acid groups (broad SMARTS) is 2. The van der Waals surface area contributed by atoms with Crippen LogP contribution in [-0.2, 0) is 27.2 Å². The first kappa shape index (κ1) is 30.2. The normalized spacial score (nSPS) is 15.2. The summed E-state index contributed by atoms with van der Waals surface area (Å²) in [5, 5.41) is 20.6. The van der Waals surface area contributed by atoms with Gasteiger partial charge in [0.2, 0.25) is 5.91 Å². The number of anilines is 2. The van der Waals surface area contributed by atoms with Gasteiger partial charge in [0.25, 0.3) is 0 Å².